The molecule has 0 saturated carbocycles. The van der Waals surface area contributed by atoms with Crippen molar-refractivity contribution in [1.29, 1.82) is 0 Å². The van der Waals surface area contributed by atoms with Crippen molar-refractivity contribution in [3.8, 4) is 5.75 Å². The normalized spacial score (nSPS) is 12.7. The van der Waals surface area contributed by atoms with E-state index in [2.05, 4.69) is 5.32 Å². The van der Waals surface area contributed by atoms with Crippen LogP contribution in [-0.4, -0.2) is 28.5 Å². The van der Waals surface area contributed by atoms with E-state index in [-0.39, 0.29) is 11.4 Å². The van der Waals surface area contributed by atoms with Gasteiger partial charge in [-0.15, -0.1) is 23.5 Å². The number of hydrogen-bond donors (Lipinski definition) is 1. The van der Waals surface area contributed by atoms with Crippen molar-refractivity contribution < 1.29 is 27.5 Å². The molecule has 4 nitrogen and oxygen atoms in total. The van der Waals surface area contributed by atoms with Gasteiger partial charge in [-0.3, -0.25) is 4.79 Å². The number of anilines is 1. The highest BCUT2D eigenvalue weighted by atomic mass is 32.2. The van der Waals surface area contributed by atoms with E-state index < -0.39 is 33.1 Å². The van der Waals surface area contributed by atoms with Gasteiger partial charge in [0.2, 0.25) is 5.91 Å². The van der Waals surface area contributed by atoms with Crippen LogP contribution in [0.1, 0.15) is 33.3 Å². The molecule has 0 atom stereocenters. The quantitative estimate of drug-likeness (QED) is 0.420. The summed E-state index contributed by atoms with van der Waals surface area (Å²) in [6, 6.07) is 2.62. The zero-order valence-corrected chi connectivity index (χ0v) is 17.0. The summed E-state index contributed by atoms with van der Waals surface area (Å²) in [4.78, 5) is 24.6. The predicted molar refractivity (Wildman–Crippen MR) is 101 cm³/mol. The molecule has 1 aromatic rings. The number of halogens is 3. The molecule has 0 saturated heterocycles. The van der Waals surface area contributed by atoms with Crippen molar-refractivity contribution in [3.63, 3.8) is 0 Å². The fourth-order valence-corrected chi connectivity index (χ4v) is 2.73. The molecule has 0 fully saturated rings. The summed E-state index contributed by atoms with van der Waals surface area (Å²) >= 11 is 2.50. The highest BCUT2D eigenvalue weighted by Crippen LogP contribution is 2.39. The van der Waals surface area contributed by atoms with Gasteiger partial charge in [0.05, 0.1) is 11.3 Å². The van der Waals surface area contributed by atoms with E-state index in [9.17, 15) is 22.8 Å². The first-order valence-electron chi connectivity index (χ1n) is 7.60. The Morgan fingerprint density at radius 2 is 1.58 bits per heavy atom. The summed E-state index contributed by atoms with van der Waals surface area (Å²) in [5.41, 5.74) is -1.97. The molecular weight excluding hydrogens is 387 g/mol. The molecule has 1 aromatic carbocycles. The number of rotatable bonds is 5. The van der Waals surface area contributed by atoms with E-state index in [0.717, 1.165) is 18.2 Å². The summed E-state index contributed by atoms with van der Waals surface area (Å²) in [6.45, 7) is 6.53. The fraction of sp³-hybridized carbons (Fsp3) is 0.529. The lowest BCUT2D eigenvalue weighted by atomic mass is 9.95. The van der Waals surface area contributed by atoms with Crippen molar-refractivity contribution >= 4 is 41.1 Å². The molecule has 0 aliphatic rings. The standard InChI is InChI=1S/C17H22F3NO3S2/c1-15(2,3)13(22)21-11-9-10(17(18,19)20)7-8-12(11)24-14(23)16(4,25-5)26-6/h7-9H,1-6H3,(H,21,22). The van der Waals surface area contributed by atoms with E-state index in [0.29, 0.717) is 0 Å². The molecule has 0 aromatic heterocycles. The fourth-order valence-electron chi connectivity index (χ4n) is 1.65. The average molecular weight is 409 g/mol. The SMILES string of the molecule is CSC(C)(SC)C(=O)Oc1ccc(C(F)(F)F)cc1NC(=O)C(C)(C)C. The average Bonchev–Trinajstić information content (AvgIpc) is 2.53. The molecule has 1 N–H and O–H groups in total. The number of carbonyl (C=O) groups is 2. The Balaban J connectivity index is 3.30. The number of thioether (sulfide) groups is 2. The van der Waals surface area contributed by atoms with Crippen molar-refractivity contribution in [2.24, 2.45) is 5.41 Å². The van der Waals surface area contributed by atoms with Crippen LogP contribution in [0.4, 0.5) is 18.9 Å². The van der Waals surface area contributed by atoms with E-state index in [1.165, 1.54) is 23.5 Å². The van der Waals surface area contributed by atoms with Gasteiger partial charge < -0.3 is 10.1 Å². The van der Waals surface area contributed by atoms with Gasteiger partial charge in [0.1, 0.15) is 0 Å². The largest absolute Gasteiger partial charge is 0.423 e. The van der Waals surface area contributed by atoms with Crippen LogP contribution in [0.3, 0.4) is 0 Å². The third-order valence-electron chi connectivity index (χ3n) is 3.59. The minimum Gasteiger partial charge on any atom is -0.423 e. The minimum atomic E-state index is -4.59. The summed E-state index contributed by atoms with van der Waals surface area (Å²) < 4.78 is 43.4. The Morgan fingerprint density at radius 3 is 2.00 bits per heavy atom. The van der Waals surface area contributed by atoms with Crippen molar-refractivity contribution in [2.75, 3.05) is 17.8 Å². The second kappa shape index (κ2) is 8.12. The Hall–Kier alpha value is -1.35. The zero-order valence-electron chi connectivity index (χ0n) is 15.4. The summed E-state index contributed by atoms with van der Waals surface area (Å²) in [6.07, 6.45) is -1.13. The molecule has 26 heavy (non-hydrogen) atoms. The van der Waals surface area contributed by atoms with Gasteiger partial charge in [-0.05, 0) is 37.6 Å². The predicted octanol–water partition coefficient (Wildman–Crippen LogP) is 5.04. The first-order chi connectivity index (χ1) is 11.7. The van der Waals surface area contributed by atoms with Crippen LogP contribution in [0.5, 0.6) is 5.75 Å². The second-order valence-corrected chi connectivity index (χ2v) is 9.36. The van der Waals surface area contributed by atoms with Crippen LogP contribution in [0.2, 0.25) is 0 Å². The number of benzene rings is 1. The van der Waals surface area contributed by atoms with Crippen LogP contribution in [0.25, 0.3) is 0 Å². The van der Waals surface area contributed by atoms with Gasteiger partial charge in [-0.25, -0.2) is 4.79 Å². The number of hydrogen-bond acceptors (Lipinski definition) is 5. The van der Waals surface area contributed by atoms with Gasteiger partial charge in [-0.1, -0.05) is 20.8 Å². The maximum Gasteiger partial charge on any atom is 0.416 e. The van der Waals surface area contributed by atoms with Gasteiger partial charge >= 0.3 is 12.1 Å². The third-order valence-corrected chi connectivity index (χ3v) is 6.48. The summed E-state index contributed by atoms with van der Waals surface area (Å²) in [7, 11) is 0. The van der Waals surface area contributed by atoms with Crippen LogP contribution in [0.15, 0.2) is 18.2 Å². The Morgan fingerprint density at radius 1 is 1.04 bits per heavy atom. The van der Waals surface area contributed by atoms with Crippen molar-refractivity contribution in [2.45, 2.75) is 38.0 Å². The lowest BCUT2D eigenvalue weighted by Crippen LogP contribution is -2.32. The highest BCUT2D eigenvalue weighted by molar-refractivity contribution is 8.18. The highest BCUT2D eigenvalue weighted by Gasteiger charge is 2.36. The topological polar surface area (TPSA) is 55.4 Å². The number of esters is 1. The monoisotopic (exact) mass is 409 g/mol. The first-order valence-corrected chi connectivity index (χ1v) is 10.0. The number of alkyl halides is 3. The van der Waals surface area contributed by atoms with E-state index >= 15 is 0 Å². The second-order valence-electron chi connectivity index (χ2n) is 6.66. The van der Waals surface area contributed by atoms with Crippen LogP contribution in [-0.2, 0) is 15.8 Å². The van der Waals surface area contributed by atoms with Gasteiger partial charge in [-0.2, -0.15) is 13.2 Å². The lowest BCUT2D eigenvalue weighted by Gasteiger charge is -2.24. The van der Waals surface area contributed by atoms with Crippen molar-refractivity contribution in [3.05, 3.63) is 23.8 Å². The van der Waals surface area contributed by atoms with Crippen LogP contribution < -0.4 is 10.1 Å². The number of nitrogens with one attached hydrogen (secondary N) is 1. The van der Waals surface area contributed by atoms with Gasteiger partial charge in [0.25, 0.3) is 0 Å². The smallest absolute Gasteiger partial charge is 0.416 e. The maximum atomic E-state index is 13.0. The molecule has 0 radical (unpaired) electrons. The van der Waals surface area contributed by atoms with E-state index in [1.807, 2.05) is 0 Å². The van der Waals surface area contributed by atoms with Gasteiger partial charge in [0, 0.05) is 5.41 Å². The molecule has 0 heterocycles. The number of carbonyl (C=O) groups excluding carboxylic acids is 2. The zero-order chi connectivity index (χ0) is 20.3. The molecule has 9 heteroatoms. The molecule has 146 valence electrons. The molecule has 1 amide bonds. The Bertz CT molecular complexity index is 681. The van der Waals surface area contributed by atoms with E-state index in [1.54, 1.807) is 40.2 Å². The molecule has 0 aliphatic carbocycles. The molecular formula is C17H22F3NO3S2. The first kappa shape index (κ1) is 22.7. The number of ether oxygens (including phenoxy) is 1. The molecule has 0 aliphatic heterocycles. The summed E-state index contributed by atoms with van der Waals surface area (Å²) in [5.74, 6) is -1.25. The minimum absolute atomic E-state index is 0.130. The van der Waals surface area contributed by atoms with Gasteiger partial charge in [0.15, 0.2) is 9.83 Å². The lowest BCUT2D eigenvalue weighted by molar-refractivity contribution is -0.137. The molecule has 1 rings (SSSR count). The molecule has 0 bridgehead atoms. The number of amides is 1. The molecule has 0 unspecified atom stereocenters. The Labute approximate surface area is 159 Å². The van der Waals surface area contributed by atoms with Crippen LogP contribution >= 0.6 is 23.5 Å². The third kappa shape index (κ3) is 5.57. The van der Waals surface area contributed by atoms with E-state index in [4.69, 9.17) is 4.74 Å². The maximum absolute atomic E-state index is 13.0. The van der Waals surface area contributed by atoms with Crippen LogP contribution in [0, 0.1) is 5.41 Å². The van der Waals surface area contributed by atoms with Crippen molar-refractivity contribution in [1.82, 2.24) is 0 Å². The molecule has 0 spiro atoms. The Kier molecular flexibility index (Phi) is 7.09. The summed E-state index contributed by atoms with van der Waals surface area (Å²) in [5, 5.41) is 2.43.